The Morgan fingerprint density at radius 2 is 1.93 bits per heavy atom. The fraction of sp³-hybridized carbons (Fsp3) is 0. The third-order valence-corrected chi connectivity index (χ3v) is 1.62. The molecule has 0 aliphatic carbocycles. The van der Waals surface area contributed by atoms with Crippen molar-refractivity contribution in [2.24, 2.45) is 0 Å². The van der Waals surface area contributed by atoms with Crippen molar-refractivity contribution in [3.8, 4) is 5.75 Å². The molecule has 0 amide bonds. The number of rotatable bonds is 3. The highest BCUT2D eigenvalue weighted by Crippen LogP contribution is 2.18. The smallest absolute Gasteiger partial charge is 0.339 e. The van der Waals surface area contributed by atoms with Gasteiger partial charge in [0.15, 0.2) is 6.29 Å². The number of Topliss-reactive ketones (excluding diaryl/α,β-unsaturated/α-hetero) is 1. The van der Waals surface area contributed by atoms with Gasteiger partial charge in [0.1, 0.15) is 11.3 Å². The number of aldehydes is 1. The Balaban J connectivity index is 3.25. The first-order chi connectivity index (χ1) is 6.56. The zero-order chi connectivity index (χ0) is 10.7. The molecule has 0 bridgehead atoms. The molecule has 0 aromatic heterocycles. The molecule has 0 saturated heterocycles. The van der Waals surface area contributed by atoms with Crippen molar-refractivity contribution in [3.63, 3.8) is 0 Å². The van der Waals surface area contributed by atoms with E-state index >= 15 is 0 Å². The number of carboxylic acids is 1. The quantitative estimate of drug-likeness (QED) is 0.414. The summed E-state index contributed by atoms with van der Waals surface area (Å²) in [6.07, 6.45) is 0.0814. The van der Waals surface area contributed by atoms with E-state index in [2.05, 4.69) is 0 Å². The second-order valence-corrected chi connectivity index (χ2v) is 2.52. The molecule has 0 aliphatic rings. The Kier molecular flexibility index (Phi) is 2.62. The van der Waals surface area contributed by atoms with Crippen molar-refractivity contribution in [2.45, 2.75) is 0 Å². The monoisotopic (exact) mass is 194 g/mol. The number of carbonyl (C=O) groups excluding carboxylic acids is 2. The van der Waals surface area contributed by atoms with Gasteiger partial charge in [-0.2, -0.15) is 0 Å². The van der Waals surface area contributed by atoms with E-state index in [0.717, 1.165) is 12.1 Å². The Morgan fingerprint density at radius 3 is 2.43 bits per heavy atom. The minimum Gasteiger partial charge on any atom is -0.507 e. The van der Waals surface area contributed by atoms with Gasteiger partial charge in [-0.1, -0.05) is 0 Å². The Morgan fingerprint density at radius 1 is 1.29 bits per heavy atom. The van der Waals surface area contributed by atoms with Crippen molar-refractivity contribution >= 4 is 18.0 Å². The van der Waals surface area contributed by atoms with Gasteiger partial charge < -0.3 is 10.2 Å². The molecule has 1 aromatic rings. The largest absolute Gasteiger partial charge is 0.507 e. The highest BCUT2D eigenvalue weighted by atomic mass is 16.4. The fourth-order valence-electron chi connectivity index (χ4n) is 0.929. The maximum Gasteiger partial charge on any atom is 0.339 e. The lowest BCUT2D eigenvalue weighted by atomic mass is 10.1. The maximum atomic E-state index is 10.9. The molecule has 0 atom stereocenters. The van der Waals surface area contributed by atoms with Crippen LogP contribution >= 0.6 is 0 Å². The summed E-state index contributed by atoms with van der Waals surface area (Å²) in [7, 11) is 0. The average Bonchev–Trinajstić information content (AvgIpc) is 2.17. The molecule has 2 N–H and O–H groups in total. The van der Waals surface area contributed by atoms with Crippen LogP contribution in [0, 0.1) is 0 Å². The van der Waals surface area contributed by atoms with Crippen molar-refractivity contribution in [1.29, 1.82) is 0 Å². The predicted octanol–water partition coefficient (Wildman–Crippen LogP) is 0.472. The summed E-state index contributed by atoms with van der Waals surface area (Å²) in [6.45, 7) is 0. The lowest BCUT2D eigenvalue weighted by Gasteiger charge is -2.00. The zero-order valence-electron chi connectivity index (χ0n) is 6.93. The fourth-order valence-corrected chi connectivity index (χ4v) is 0.929. The van der Waals surface area contributed by atoms with Crippen molar-refractivity contribution < 1.29 is 24.6 Å². The van der Waals surface area contributed by atoms with E-state index in [1.165, 1.54) is 6.07 Å². The lowest BCUT2D eigenvalue weighted by molar-refractivity contribution is -0.104. The molecule has 0 aliphatic heterocycles. The molecule has 5 nitrogen and oxygen atoms in total. The SMILES string of the molecule is O=CC(=O)c1ccc(O)c(C(=O)O)c1. The molecule has 1 rings (SSSR count). The second kappa shape index (κ2) is 3.69. The van der Waals surface area contributed by atoms with Gasteiger partial charge in [-0.25, -0.2) is 4.79 Å². The van der Waals surface area contributed by atoms with Gasteiger partial charge >= 0.3 is 5.97 Å². The normalized spacial score (nSPS) is 9.43. The highest BCUT2D eigenvalue weighted by Gasteiger charge is 2.13. The van der Waals surface area contributed by atoms with Crippen LogP contribution in [0.25, 0.3) is 0 Å². The van der Waals surface area contributed by atoms with Crippen LogP contribution in [0.4, 0.5) is 0 Å². The average molecular weight is 194 g/mol. The molecule has 5 heteroatoms. The van der Waals surface area contributed by atoms with E-state index in [-0.39, 0.29) is 11.8 Å². The first-order valence-corrected chi connectivity index (χ1v) is 3.62. The van der Waals surface area contributed by atoms with E-state index in [9.17, 15) is 14.4 Å². The molecule has 1 aromatic carbocycles. The summed E-state index contributed by atoms with van der Waals surface area (Å²) < 4.78 is 0. The number of ketones is 1. The van der Waals surface area contributed by atoms with Gasteiger partial charge in [0.2, 0.25) is 5.78 Å². The van der Waals surface area contributed by atoms with E-state index in [1.807, 2.05) is 0 Å². The summed E-state index contributed by atoms with van der Waals surface area (Å²) in [5.41, 5.74) is -0.465. The molecule has 0 spiro atoms. The molecule has 0 fully saturated rings. The topological polar surface area (TPSA) is 91.7 Å². The summed E-state index contributed by atoms with van der Waals surface area (Å²) in [4.78, 5) is 31.5. The van der Waals surface area contributed by atoms with Gasteiger partial charge in [0.25, 0.3) is 0 Å². The number of phenols is 1. The van der Waals surface area contributed by atoms with Crippen LogP contribution in [-0.4, -0.2) is 28.3 Å². The second-order valence-electron chi connectivity index (χ2n) is 2.52. The number of carboxylic acid groups (broad SMARTS) is 1. The van der Waals surface area contributed by atoms with E-state index in [1.54, 1.807) is 0 Å². The number of carbonyl (C=O) groups is 3. The standard InChI is InChI=1S/C9H6O5/c10-4-8(12)5-1-2-7(11)6(3-5)9(13)14/h1-4,11H,(H,13,14). The molecule has 0 radical (unpaired) electrons. The summed E-state index contributed by atoms with van der Waals surface area (Å²) in [6, 6.07) is 3.19. The van der Waals surface area contributed by atoms with Gasteiger partial charge in [0, 0.05) is 5.56 Å². The van der Waals surface area contributed by atoms with Crippen molar-refractivity contribution in [2.75, 3.05) is 0 Å². The first-order valence-electron chi connectivity index (χ1n) is 3.62. The minimum atomic E-state index is -1.36. The van der Waals surface area contributed by atoms with E-state index < -0.39 is 23.1 Å². The van der Waals surface area contributed by atoms with Gasteiger partial charge in [-0.05, 0) is 18.2 Å². The molecular weight excluding hydrogens is 188 g/mol. The summed E-state index contributed by atoms with van der Waals surface area (Å²) in [5.74, 6) is -2.63. The molecular formula is C9H6O5. The van der Waals surface area contributed by atoms with Crippen LogP contribution in [0.5, 0.6) is 5.75 Å². The van der Waals surface area contributed by atoms with Crippen LogP contribution in [0.15, 0.2) is 18.2 Å². The van der Waals surface area contributed by atoms with Crippen LogP contribution in [0.3, 0.4) is 0 Å². The van der Waals surface area contributed by atoms with Gasteiger partial charge in [-0.15, -0.1) is 0 Å². The van der Waals surface area contributed by atoms with Gasteiger partial charge in [-0.3, -0.25) is 9.59 Å². The lowest BCUT2D eigenvalue weighted by Crippen LogP contribution is -2.03. The first kappa shape index (κ1) is 9.91. The highest BCUT2D eigenvalue weighted by molar-refractivity contribution is 6.33. The van der Waals surface area contributed by atoms with Crippen LogP contribution in [-0.2, 0) is 4.79 Å². The number of aromatic hydroxyl groups is 1. The molecule has 14 heavy (non-hydrogen) atoms. The third-order valence-electron chi connectivity index (χ3n) is 1.62. The Hall–Kier alpha value is -2.17. The minimum absolute atomic E-state index is 0.0600. The van der Waals surface area contributed by atoms with Crippen LogP contribution < -0.4 is 0 Å². The third kappa shape index (κ3) is 1.77. The summed E-state index contributed by atoms with van der Waals surface area (Å²) >= 11 is 0. The van der Waals surface area contributed by atoms with Crippen LogP contribution in [0.2, 0.25) is 0 Å². The molecule has 0 saturated carbocycles. The number of hydrogen-bond acceptors (Lipinski definition) is 4. The number of aromatic carboxylic acids is 1. The predicted molar refractivity (Wildman–Crippen MR) is 45.5 cm³/mol. The Labute approximate surface area is 78.6 Å². The maximum absolute atomic E-state index is 10.9. The number of benzene rings is 1. The summed E-state index contributed by atoms with van der Waals surface area (Å²) in [5, 5.41) is 17.7. The van der Waals surface area contributed by atoms with Crippen molar-refractivity contribution in [3.05, 3.63) is 29.3 Å². The molecule has 0 heterocycles. The van der Waals surface area contributed by atoms with E-state index in [4.69, 9.17) is 10.2 Å². The zero-order valence-corrected chi connectivity index (χ0v) is 6.93. The number of hydrogen-bond donors (Lipinski definition) is 2. The molecule has 0 unspecified atom stereocenters. The van der Waals surface area contributed by atoms with Crippen molar-refractivity contribution in [1.82, 2.24) is 0 Å². The molecule has 72 valence electrons. The van der Waals surface area contributed by atoms with Gasteiger partial charge in [0.05, 0.1) is 0 Å². The van der Waals surface area contributed by atoms with Crippen LogP contribution in [0.1, 0.15) is 20.7 Å². The van der Waals surface area contributed by atoms with E-state index in [0.29, 0.717) is 0 Å². The Bertz CT molecular complexity index is 408.